The lowest BCUT2D eigenvalue weighted by molar-refractivity contribution is -0.910. The summed E-state index contributed by atoms with van der Waals surface area (Å²) < 4.78 is 1.36. The van der Waals surface area contributed by atoms with E-state index in [2.05, 4.69) is 46.9 Å². The smallest absolute Gasteiger partial charge is 0.118 e. The number of aliphatic hydroxyl groups is 1. The first-order chi connectivity index (χ1) is 21.2. The predicted molar refractivity (Wildman–Crippen MR) is 196 cm³/mol. The quantitative estimate of drug-likeness (QED) is 0.0989. The second-order valence-electron chi connectivity index (χ2n) is 13.4. The summed E-state index contributed by atoms with van der Waals surface area (Å²) in [6.45, 7) is 17.0. The number of hydrogen-bond donors (Lipinski definition) is 2. The number of nitrogens with zero attached hydrogens (tertiary/aromatic N) is 1. The molecular weight excluding hydrogens is 574 g/mol. The van der Waals surface area contributed by atoms with Crippen molar-refractivity contribution in [1.82, 2.24) is 0 Å². The minimum absolute atomic E-state index is 0. The normalized spacial score (nSPS) is 10.8. The minimum atomic E-state index is -0.00787. The lowest BCUT2D eigenvalue weighted by atomic mass is 10.0. The number of phenols is 1. The Bertz CT molecular complexity index is 861. The summed E-state index contributed by atoms with van der Waals surface area (Å²) in [4.78, 5) is 0. The van der Waals surface area contributed by atoms with Crippen LogP contribution >= 0.6 is 0 Å². The number of phenolic OH excluding ortho intramolecular Hbond substituents is 1. The summed E-state index contributed by atoms with van der Waals surface area (Å²) in [6.07, 6.45) is 25.9. The fourth-order valence-electron chi connectivity index (χ4n) is 5.81. The number of rotatable bonds is 22. The average Bonchev–Trinajstić information content (AvgIpc) is 3.02. The van der Waals surface area contributed by atoms with Gasteiger partial charge in [0.25, 0.3) is 0 Å². The molecule has 4 heteroatoms. The molecule has 0 aromatic heterocycles. The molecule has 0 radical (unpaired) electrons. The highest BCUT2D eigenvalue weighted by Gasteiger charge is 2.20. The Morgan fingerprint density at radius 1 is 0.533 bits per heavy atom. The molecule has 2 aromatic rings. The zero-order valence-electron chi connectivity index (χ0n) is 30.8. The van der Waals surface area contributed by atoms with Crippen LogP contribution in [0.2, 0.25) is 0 Å². The maximum Gasteiger partial charge on any atom is 0.118 e. The van der Waals surface area contributed by atoms with Gasteiger partial charge in [-0.15, -0.1) is 0 Å². The highest BCUT2D eigenvalue weighted by Crippen LogP contribution is 2.22. The van der Waals surface area contributed by atoms with Gasteiger partial charge in [-0.05, 0) is 82.1 Å². The molecule has 0 aliphatic rings. The molecule has 0 amide bonds. The van der Waals surface area contributed by atoms with Crippen LogP contribution in [0.4, 0.5) is 0 Å². The Morgan fingerprint density at radius 3 is 1.22 bits per heavy atom. The number of halogens is 1. The van der Waals surface area contributed by atoms with Gasteiger partial charge < -0.3 is 27.1 Å². The monoisotopic (exact) mass is 648 g/mol. The molecule has 45 heavy (non-hydrogen) atoms. The third-order valence-corrected chi connectivity index (χ3v) is 9.06. The van der Waals surface area contributed by atoms with E-state index in [0.29, 0.717) is 0 Å². The number of aromatic hydroxyl groups is 1. The van der Waals surface area contributed by atoms with E-state index < -0.39 is 0 Å². The summed E-state index contributed by atoms with van der Waals surface area (Å²) in [5.74, 6) is 0.250. The van der Waals surface area contributed by atoms with Crippen molar-refractivity contribution in [2.45, 2.75) is 164 Å². The maximum atomic E-state index is 9.24. The molecule has 0 aliphatic heterocycles. The highest BCUT2D eigenvalue weighted by atomic mass is 35.5. The molecule has 3 nitrogen and oxygen atoms in total. The van der Waals surface area contributed by atoms with Gasteiger partial charge in [-0.2, -0.15) is 0 Å². The Balaban J connectivity index is 0. The second-order valence-corrected chi connectivity index (χ2v) is 13.4. The van der Waals surface area contributed by atoms with Crippen LogP contribution in [0.25, 0.3) is 0 Å². The Morgan fingerprint density at radius 2 is 0.911 bits per heavy atom. The summed E-state index contributed by atoms with van der Waals surface area (Å²) >= 11 is 0. The molecule has 0 aliphatic carbocycles. The standard InChI is InChI=1S/C25H54N.C9H12O2.C7H8.ClH/c1-5-8-11-14-17-20-23-26(4,24-21-18-15-12-9-6-2)25-22-19-16-13-10-7-3;1-6-3-4-9(11)7(2)8(6)5-10;1-7-5-3-2-4-6-7;/h5-25H2,1-4H3;3-4,10-11H,5H2,1-2H3;2-6H,1H3;1H/q+1;;;/p-1. The number of aliphatic hydroxyl groups excluding tert-OH is 1. The number of hydrogen-bond acceptors (Lipinski definition) is 2. The van der Waals surface area contributed by atoms with Gasteiger partial charge in [0.15, 0.2) is 0 Å². The topological polar surface area (TPSA) is 40.5 Å². The van der Waals surface area contributed by atoms with Crippen LogP contribution in [0.3, 0.4) is 0 Å². The molecule has 0 saturated heterocycles. The molecular formula is C41H74ClNO2. The van der Waals surface area contributed by atoms with Crippen molar-refractivity contribution >= 4 is 0 Å². The fourth-order valence-corrected chi connectivity index (χ4v) is 5.81. The first-order valence-electron chi connectivity index (χ1n) is 18.5. The van der Waals surface area contributed by atoms with Crippen LogP contribution in [-0.4, -0.2) is 41.4 Å². The van der Waals surface area contributed by atoms with Gasteiger partial charge >= 0.3 is 0 Å². The molecule has 0 spiro atoms. The number of benzene rings is 2. The molecule has 2 N–H and O–H groups in total. The van der Waals surface area contributed by atoms with E-state index in [-0.39, 0.29) is 24.8 Å². The van der Waals surface area contributed by atoms with Gasteiger partial charge in [0, 0.05) is 0 Å². The molecule has 0 unspecified atom stereocenters. The van der Waals surface area contributed by atoms with Gasteiger partial charge in [0.2, 0.25) is 0 Å². The summed E-state index contributed by atoms with van der Waals surface area (Å²) in [5.41, 5.74) is 3.93. The van der Waals surface area contributed by atoms with Crippen LogP contribution in [0.5, 0.6) is 5.75 Å². The van der Waals surface area contributed by atoms with E-state index >= 15 is 0 Å². The SMILES string of the molecule is CCCCCCCC[N+](C)(CCCCCCCC)CCCCCCCC.Cc1ccc(O)c(C)c1CO.Cc1ccccc1.[Cl-]. The third-order valence-electron chi connectivity index (χ3n) is 9.06. The number of unbranched alkanes of at least 4 members (excludes halogenated alkanes) is 15. The Hall–Kier alpha value is -1.55. The average molecular weight is 649 g/mol. The highest BCUT2D eigenvalue weighted by molar-refractivity contribution is 5.42. The molecule has 0 bridgehead atoms. The summed E-state index contributed by atoms with van der Waals surface area (Å²) in [7, 11) is 2.56. The first kappa shape index (κ1) is 45.6. The molecule has 0 heterocycles. The van der Waals surface area contributed by atoms with Crippen LogP contribution in [-0.2, 0) is 6.61 Å². The van der Waals surface area contributed by atoms with Gasteiger partial charge in [0.05, 0.1) is 33.3 Å². The molecule has 262 valence electrons. The number of aryl methyl sites for hydroxylation is 2. The van der Waals surface area contributed by atoms with Crippen LogP contribution in [0.15, 0.2) is 42.5 Å². The number of quaternary nitrogens is 1. The van der Waals surface area contributed by atoms with E-state index in [1.54, 1.807) is 19.1 Å². The van der Waals surface area contributed by atoms with Gasteiger partial charge in [0.1, 0.15) is 5.75 Å². The minimum Gasteiger partial charge on any atom is -1.00 e. The van der Waals surface area contributed by atoms with Gasteiger partial charge in [-0.1, -0.05) is 140 Å². The fraction of sp³-hybridized carbons (Fsp3) is 0.707. The zero-order chi connectivity index (χ0) is 32.9. The van der Waals surface area contributed by atoms with Crippen LogP contribution in [0, 0.1) is 20.8 Å². The van der Waals surface area contributed by atoms with Crippen molar-refractivity contribution in [3.8, 4) is 5.75 Å². The van der Waals surface area contributed by atoms with E-state index in [1.807, 2.05) is 25.1 Å². The van der Waals surface area contributed by atoms with E-state index in [0.717, 1.165) is 16.7 Å². The Labute approximate surface area is 287 Å². The van der Waals surface area contributed by atoms with Gasteiger partial charge in [-0.3, -0.25) is 0 Å². The molecule has 2 aromatic carbocycles. The van der Waals surface area contributed by atoms with Crippen molar-refractivity contribution < 1.29 is 27.1 Å². The Kier molecular flexibility index (Phi) is 31.5. The maximum absolute atomic E-state index is 9.24. The third kappa shape index (κ3) is 25.2. The largest absolute Gasteiger partial charge is 1.00 e. The van der Waals surface area contributed by atoms with Crippen molar-refractivity contribution in [2.75, 3.05) is 26.7 Å². The van der Waals surface area contributed by atoms with Crippen molar-refractivity contribution in [2.24, 2.45) is 0 Å². The molecule has 0 saturated carbocycles. The zero-order valence-corrected chi connectivity index (χ0v) is 31.6. The van der Waals surface area contributed by atoms with E-state index in [9.17, 15) is 5.11 Å². The van der Waals surface area contributed by atoms with Crippen molar-refractivity contribution in [3.63, 3.8) is 0 Å². The van der Waals surface area contributed by atoms with E-state index in [1.165, 1.54) is 145 Å². The first-order valence-corrected chi connectivity index (χ1v) is 18.5. The molecule has 0 atom stereocenters. The van der Waals surface area contributed by atoms with Crippen molar-refractivity contribution in [3.05, 3.63) is 64.7 Å². The van der Waals surface area contributed by atoms with Gasteiger partial charge in [-0.25, -0.2) is 0 Å². The summed E-state index contributed by atoms with van der Waals surface area (Å²) in [5, 5.41) is 18.2. The lowest BCUT2D eigenvalue weighted by Gasteiger charge is -2.35. The van der Waals surface area contributed by atoms with Crippen LogP contribution in [0.1, 0.15) is 159 Å². The van der Waals surface area contributed by atoms with Crippen molar-refractivity contribution in [1.29, 1.82) is 0 Å². The summed E-state index contributed by atoms with van der Waals surface area (Å²) in [6, 6.07) is 13.7. The van der Waals surface area contributed by atoms with E-state index in [4.69, 9.17) is 5.11 Å². The predicted octanol–water partition coefficient (Wildman–Crippen LogP) is 9.01. The second kappa shape index (κ2) is 31.1. The van der Waals surface area contributed by atoms with Crippen LogP contribution < -0.4 is 12.4 Å². The molecule has 2 rings (SSSR count). The molecule has 0 fully saturated rings. The lowest BCUT2D eigenvalue weighted by Crippen LogP contribution is -3.00.